The van der Waals surface area contributed by atoms with Crippen molar-refractivity contribution >= 4 is 16.6 Å². The Bertz CT molecular complexity index is 1020. The first-order valence-corrected chi connectivity index (χ1v) is 9.14. The summed E-state index contributed by atoms with van der Waals surface area (Å²) in [5.74, 6) is 0.877. The van der Waals surface area contributed by atoms with Gasteiger partial charge in [-0.25, -0.2) is 9.97 Å². The van der Waals surface area contributed by atoms with Crippen LogP contribution in [0.25, 0.3) is 10.9 Å². The Balaban J connectivity index is 1.59. The number of hydrogen-bond donors (Lipinski definition) is 1. The van der Waals surface area contributed by atoms with E-state index in [2.05, 4.69) is 35.6 Å². The quantitative estimate of drug-likeness (QED) is 0.564. The van der Waals surface area contributed by atoms with Crippen LogP contribution in [0.2, 0.25) is 0 Å². The minimum absolute atomic E-state index is 0.0604. The molecule has 1 aliphatic rings. The standard InChI is InChI=1S/C20H23N5O2/c1-20(2,3)19-22-9-13-11-24(8-7-15(13)23-19)12-14-10-21-16-5-4-6-17(18(14)16)25(26)27/h4-6,9-10,21H,7-8,11-12H2,1-3H3. The van der Waals surface area contributed by atoms with Gasteiger partial charge in [0, 0.05) is 61.2 Å². The van der Waals surface area contributed by atoms with Crippen LogP contribution in [0.4, 0.5) is 5.69 Å². The van der Waals surface area contributed by atoms with Crippen LogP contribution in [-0.4, -0.2) is 31.3 Å². The van der Waals surface area contributed by atoms with E-state index in [9.17, 15) is 10.1 Å². The average molecular weight is 365 g/mol. The topological polar surface area (TPSA) is 88.0 Å². The molecule has 1 N–H and O–H groups in total. The van der Waals surface area contributed by atoms with Crippen LogP contribution in [0.1, 0.15) is 43.4 Å². The molecule has 0 atom stereocenters. The van der Waals surface area contributed by atoms with Crippen molar-refractivity contribution in [2.75, 3.05) is 6.54 Å². The third-order valence-electron chi connectivity index (χ3n) is 5.04. The third-order valence-corrected chi connectivity index (χ3v) is 5.04. The number of rotatable bonds is 3. The Hall–Kier alpha value is -2.80. The largest absolute Gasteiger partial charge is 0.361 e. The Labute approximate surface area is 157 Å². The van der Waals surface area contributed by atoms with E-state index < -0.39 is 0 Å². The van der Waals surface area contributed by atoms with Gasteiger partial charge >= 0.3 is 0 Å². The van der Waals surface area contributed by atoms with Gasteiger partial charge < -0.3 is 4.98 Å². The van der Waals surface area contributed by atoms with E-state index >= 15 is 0 Å². The van der Waals surface area contributed by atoms with Gasteiger partial charge in [0.2, 0.25) is 0 Å². The number of benzene rings is 1. The third kappa shape index (κ3) is 3.30. The molecule has 2 aromatic heterocycles. The molecule has 0 unspecified atom stereocenters. The molecule has 0 spiro atoms. The normalized spacial score (nSPS) is 15.1. The molecule has 1 aliphatic heterocycles. The molecule has 0 aliphatic carbocycles. The Morgan fingerprint density at radius 2 is 2.15 bits per heavy atom. The lowest BCUT2D eigenvalue weighted by molar-refractivity contribution is -0.383. The van der Waals surface area contributed by atoms with Gasteiger partial charge in [0.15, 0.2) is 0 Å². The molecule has 7 nitrogen and oxygen atoms in total. The fraction of sp³-hybridized carbons (Fsp3) is 0.400. The number of fused-ring (bicyclic) bond motifs is 2. The predicted octanol–water partition coefficient (Wildman–Crippen LogP) is 3.72. The van der Waals surface area contributed by atoms with E-state index in [0.29, 0.717) is 11.9 Å². The fourth-order valence-electron chi connectivity index (χ4n) is 3.62. The van der Waals surface area contributed by atoms with Gasteiger partial charge in [-0.05, 0) is 11.6 Å². The molecule has 0 bridgehead atoms. The Morgan fingerprint density at radius 3 is 2.89 bits per heavy atom. The lowest BCUT2D eigenvalue weighted by atomic mass is 9.95. The number of H-pyrrole nitrogens is 1. The fourth-order valence-corrected chi connectivity index (χ4v) is 3.62. The summed E-state index contributed by atoms with van der Waals surface area (Å²) in [5, 5.41) is 12.1. The van der Waals surface area contributed by atoms with Crippen LogP contribution in [0, 0.1) is 10.1 Å². The molecule has 140 valence electrons. The monoisotopic (exact) mass is 365 g/mol. The summed E-state index contributed by atoms with van der Waals surface area (Å²) in [5.41, 5.74) is 4.11. The number of aromatic amines is 1. The van der Waals surface area contributed by atoms with Crippen LogP contribution >= 0.6 is 0 Å². The van der Waals surface area contributed by atoms with Crippen molar-refractivity contribution in [1.82, 2.24) is 19.9 Å². The van der Waals surface area contributed by atoms with Crippen molar-refractivity contribution in [1.29, 1.82) is 0 Å². The molecule has 0 fully saturated rings. The van der Waals surface area contributed by atoms with E-state index in [1.165, 1.54) is 0 Å². The van der Waals surface area contributed by atoms with Crippen LogP contribution in [-0.2, 0) is 24.9 Å². The maximum Gasteiger partial charge on any atom is 0.279 e. The van der Waals surface area contributed by atoms with Crippen LogP contribution in [0.5, 0.6) is 0 Å². The molecule has 0 saturated carbocycles. The SMILES string of the molecule is CC(C)(C)c1ncc2c(n1)CCN(Cc1c[nH]c3cccc([N+](=O)[O-])c13)C2. The number of nitrogens with zero attached hydrogens (tertiary/aromatic N) is 4. The molecule has 0 saturated heterocycles. The minimum atomic E-state index is -0.312. The van der Waals surface area contributed by atoms with Gasteiger partial charge in [0.1, 0.15) is 5.82 Å². The van der Waals surface area contributed by atoms with Gasteiger partial charge in [-0.15, -0.1) is 0 Å². The van der Waals surface area contributed by atoms with E-state index in [-0.39, 0.29) is 16.0 Å². The van der Waals surface area contributed by atoms with Crippen molar-refractivity contribution < 1.29 is 4.92 Å². The molecule has 3 heterocycles. The van der Waals surface area contributed by atoms with Gasteiger partial charge in [-0.3, -0.25) is 15.0 Å². The number of hydrogen-bond acceptors (Lipinski definition) is 5. The summed E-state index contributed by atoms with van der Waals surface area (Å²) in [6, 6.07) is 5.15. The van der Waals surface area contributed by atoms with Crippen LogP contribution in [0.3, 0.4) is 0 Å². The summed E-state index contributed by atoms with van der Waals surface area (Å²) in [4.78, 5) is 25.9. The molecule has 7 heteroatoms. The van der Waals surface area contributed by atoms with Crippen molar-refractivity contribution in [3.63, 3.8) is 0 Å². The van der Waals surface area contributed by atoms with E-state index in [0.717, 1.165) is 47.7 Å². The number of nitro groups is 1. The van der Waals surface area contributed by atoms with Gasteiger partial charge in [0.25, 0.3) is 5.69 Å². The lowest BCUT2D eigenvalue weighted by Crippen LogP contribution is -2.31. The summed E-state index contributed by atoms with van der Waals surface area (Å²) in [6.07, 6.45) is 4.69. The van der Waals surface area contributed by atoms with Crippen molar-refractivity contribution in [2.24, 2.45) is 0 Å². The zero-order valence-electron chi connectivity index (χ0n) is 15.8. The van der Waals surface area contributed by atoms with Crippen LogP contribution in [0.15, 0.2) is 30.6 Å². The molecule has 1 aromatic carbocycles. The van der Waals surface area contributed by atoms with Gasteiger partial charge in [0.05, 0.1) is 15.8 Å². The molecule has 3 aromatic rings. The lowest BCUT2D eigenvalue weighted by Gasteiger charge is -2.29. The van der Waals surface area contributed by atoms with Crippen molar-refractivity contribution in [3.8, 4) is 0 Å². The highest BCUT2D eigenvalue weighted by molar-refractivity contribution is 5.91. The van der Waals surface area contributed by atoms with Crippen molar-refractivity contribution in [2.45, 2.75) is 45.7 Å². The Kier molecular flexibility index (Phi) is 4.19. The average Bonchev–Trinajstić information content (AvgIpc) is 3.03. The second-order valence-corrected chi connectivity index (χ2v) is 8.15. The predicted molar refractivity (Wildman–Crippen MR) is 104 cm³/mol. The minimum Gasteiger partial charge on any atom is -0.361 e. The number of nitrogens with one attached hydrogen (secondary N) is 1. The summed E-state index contributed by atoms with van der Waals surface area (Å²) in [6.45, 7) is 8.65. The van der Waals surface area contributed by atoms with Crippen molar-refractivity contribution in [3.05, 3.63) is 63.4 Å². The second kappa shape index (κ2) is 6.42. The first-order valence-electron chi connectivity index (χ1n) is 9.14. The van der Waals surface area contributed by atoms with E-state index in [4.69, 9.17) is 4.98 Å². The second-order valence-electron chi connectivity index (χ2n) is 8.15. The maximum absolute atomic E-state index is 11.4. The molecular formula is C20H23N5O2. The summed E-state index contributed by atoms with van der Waals surface area (Å²) < 4.78 is 0. The highest BCUT2D eigenvalue weighted by atomic mass is 16.6. The highest BCUT2D eigenvalue weighted by Crippen LogP contribution is 2.30. The first-order chi connectivity index (χ1) is 12.8. The molecule has 4 rings (SSSR count). The van der Waals surface area contributed by atoms with Gasteiger partial charge in [-0.2, -0.15) is 0 Å². The highest BCUT2D eigenvalue weighted by Gasteiger charge is 2.24. The maximum atomic E-state index is 11.4. The number of aromatic nitrogens is 3. The zero-order chi connectivity index (χ0) is 19.2. The zero-order valence-corrected chi connectivity index (χ0v) is 15.8. The molecule has 0 amide bonds. The Morgan fingerprint density at radius 1 is 1.33 bits per heavy atom. The van der Waals surface area contributed by atoms with Gasteiger partial charge in [-0.1, -0.05) is 26.8 Å². The van der Waals surface area contributed by atoms with E-state index in [1.807, 2.05) is 18.5 Å². The summed E-state index contributed by atoms with van der Waals surface area (Å²) in [7, 11) is 0. The van der Waals surface area contributed by atoms with E-state index in [1.54, 1.807) is 12.1 Å². The molecular weight excluding hydrogens is 342 g/mol. The van der Waals surface area contributed by atoms with Crippen LogP contribution < -0.4 is 0 Å². The smallest absolute Gasteiger partial charge is 0.279 e. The number of non-ortho nitro benzene ring substituents is 1. The first kappa shape index (κ1) is 17.6. The number of nitro benzene ring substituents is 1. The summed E-state index contributed by atoms with van der Waals surface area (Å²) >= 11 is 0. The molecule has 27 heavy (non-hydrogen) atoms. The molecule has 0 radical (unpaired) electrons.